The highest BCUT2D eigenvalue weighted by atomic mass is 32.2. The van der Waals surface area contributed by atoms with E-state index in [9.17, 15) is 26.4 Å². The molecule has 2 N–H and O–H groups in total. The van der Waals surface area contributed by atoms with Crippen LogP contribution in [0.4, 0.5) is 18.9 Å². The molecule has 1 aliphatic carbocycles. The van der Waals surface area contributed by atoms with Gasteiger partial charge in [0.25, 0.3) is 0 Å². The minimum Gasteiger partial charge on any atom is -0.324 e. The number of sulfonamides is 1. The molecule has 10 heteroatoms. The summed E-state index contributed by atoms with van der Waals surface area (Å²) in [5.74, 6) is -0.383. The summed E-state index contributed by atoms with van der Waals surface area (Å²) >= 11 is 0. The lowest BCUT2D eigenvalue weighted by molar-refractivity contribution is -0.137. The zero-order chi connectivity index (χ0) is 24.4. The van der Waals surface area contributed by atoms with Crippen LogP contribution in [0.2, 0.25) is 0 Å². The molecule has 2 aromatic rings. The molecule has 0 saturated heterocycles. The molecule has 1 fully saturated rings. The SMILES string of the molecule is CC(C)(C)S(=O)(=O)N[C@H]1CC[C@H](C(=O)Nc2ccc(-c3ccc(C(F)(F)F)cc3)nc2)CC1. The molecule has 0 spiro atoms. The lowest BCUT2D eigenvalue weighted by Gasteiger charge is -2.30. The van der Waals surface area contributed by atoms with E-state index in [1.807, 2.05) is 0 Å². The highest BCUT2D eigenvalue weighted by molar-refractivity contribution is 7.90. The quantitative estimate of drug-likeness (QED) is 0.628. The summed E-state index contributed by atoms with van der Waals surface area (Å²) in [7, 11) is -3.43. The van der Waals surface area contributed by atoms with Crippen LogP contribution in [0.25, 0.3) is 11.3 Å². The van der Waals surface area contributed by atoms with Crippen LogP contribution < -0.4 is 10.0 Å². The standard InChI is InChI=1S/C23H28F3N3O3S/c1-22(2,3)33(31,32)29-18-10-6-16(7-11-18)21(30)28-19-12-13-20(27-14-19)15-4-8-17(9-5-15)23(24,25)26/h4-5,8-9,12-14,16,18,29H,6-7,10-11H2,1-3H3,(H,28,30)/t16-,18-. The van der Waals surface area contributed by atoms with E-state index in [0.717, 1.165) is 12.1 Å². The summed E-state index contributed by atoms with van der Waals surface area (Å²) in [5.41, 5.74) is 0.799. The Morgan fingerprint density at radius 2 is 1.58 bits per heavy atom. The Labute approximate surface area is 192 Å². The highest BCUT2D eigenvalue weighted by Crippen LogP contribution is 2.31. The third-order valence-electron chi connectivity index (χ3n) is 5.76. The van der Waals surface area contributed by atoms with Gasteiger partial charge in [-0.3, -0.25) is 9.78 Å². The van der Waals surface area contributed by atoms with Crippen LogP contribution in [0.15, 0.2) is 42.6 Å². The van der Waals surface area contributed by atoms with Crippen molar-refractivity contribution in [2.24, 2.45) is 5.92 Å². The fraction of sp³-hybridized carbons (Fsp3) is 0.478. The fourth-order valence-electron chi connectivity index (χ4n) is 3.58. The Kier molecular flexibility index (Phi) is 7.18. The van der Waals surface area contributed by atoms with Crippen molar-refractivity contribution in [3.05, 3.63) is 48.2 Å². The number of amides is 1. The largest absolute Gasteiger partial charge is 0.416 e. The van der Waals surface area contributed by atoms with Gasteiger partial charge in [0.15, 0.2) is 0 Å². The molecule has 1 amide bonds. The average molecular weight is 484 g/mol. The molecule has 180 valence electrons. The van der Waals surface area contributed by atoms with E-state index < -0.39 is 26.5 Å². The Balaban J connectivity index is 1.54. The number of nitrogens with one attached hydrogen (secondary N) is 2. The van der Waals surface area contributed by atoms with Gasteiger partial charge in [0.05, 0.1) is 27.9 Å². The minimum atomic E-state index is -4.39. The molecule has 6 nitrogen and oxygen atoms in total. The molecule has 1 heterocycles. The maximum atomic E-state index is 12.7. The van der Waals surface area contributed by atoms with Gasteiger partial charge in [0, 0.05) is 17.5 Å². The van der Waals surface area contributed by atoms with Crippen LogP contribution in [0.3, 0.4) is 0 Å². The number of aromatic nitrogens is 1. The number of rotatable bonds is 5. The second-order valence-corrected chi connectivity index (χ2v) is 11.7. The van der Waals surface area contributed by atoms with Crippen LogP contribution in [-0.4, -0.2) is 30.1 Å². The van der Waals surface area contributed by atoms with Crippen molar-refractivity contribution < 1.29 is 26.4 Å². The van der Waals surface area contributed by atoms with Gasteiger partial charge in [-0.2, -0.15) is 13.2 Å². The number of pyridine rings is 1. The van der Waals surface area contributed by atoms with Gasteiger partial charge in [-0.25, -0.2) is 13.1 Å². The first-order valence-electron chi connectivity index (χ1n) is 10.7. The van der Waals surface area contributed by atoms with Crippen molar-refractivity contribution >= 4 is 21.6 Å². The number of halogens is 3. The maximum absolute atomic E-state index is 12.7. The minimum absolute atomic E-state index is 0.156. The molecule has 1 aromatic heterocycles. The molecule has 0 atom stereocenters. The number of hydrogen-bond donors (Lipinski definition) is 2. The Hall–Kier alpha value is -2.46. The average Bonchev–Trinajstić information content (AvgIpc) is 2.73. The van der Waals surface area contributed by atoms with Crippen LogP contribution >= 0.6 is 0 Å². The monoisotopic (exact) mass is 483 g/mol. The smallest absolute Gasteiger partial charge is 0.324 e. The van der Waals surface area contributed by atoms with Crippen molar-refractivity contribution in [1.29, 1.82) is 0 Å². The van der Waals surface area contributed by atoms with Crippen molar-refractivity contribution in [2.75, 3.05) is 5.32 Å². The number of carbonyl (C=O) groups is 1. The molecule has 0 unspecified atom stereocenters. The van der Waals surface area contributed by atoms with Gasteiger partial charge in [0.1, 0.15) is 0 Å². The highest BCUT2D eigenvalue weighted by Gasteiger charge is 2.34. The van der Waals surface area contributed by atoms with E-state index in [0.29, 0.717) is 42.6 Å². The Bertz CT molecular complexity index is 1070. The van der Waals surface area contributed by atoms with E-state index in [-0.39, 0.29) is 17.9 Å². The zero-order valence-corrected chi connectivity index (χ0v) is 19.6. The normalized spacial score (nSPS) is 19.8. The molecule has 0 aliphatic heterocycles. The van der Waals surface area contributed by atoms with Gasteiger partial charge >= 0.3 is 6.18 Å². The zero-order valence-electron chi connectivity index (χ0n) is 18.7. The molecule has 0 bridgehead atoms. The third-order valence-corrected chi connectivity index (χ3v) is 8.02. The van der Waals surface area contributed by atoms with Crippen LogP contribution in [0.1, 0.15) is 52.0 Å². The van der Waals surface area contributed by atoms with Gasteiger partial charge in [-0.1, -0.05) is 12.1 Å². The lowest BCUT2D eigenvalue weighted by atomic mass is 9.86. The summed E-state index contributed by atoms with van der Waals surface area (Å²) in [6.45, 7) is 4.93. The number of hydrogen-bond acceptors (Lipinski definition) is 4. The molecule has 33 heavy (non-hydrogen) atoms. The van der Waals surface area contributed by atoms with Crippen molar-refractivity contribution in [2.45, 2.75) is 63.4 Å². The molecule has 0 radical (unpaired) electrons. The van der Waals surface area contributed by atoms with Crippen LogP contribution in [0, 0.1) is 5.92 Å². The van der Waals surface area contributed by atoms with Gasteiger partial charge < -0.3 is 5.32 Å². The number of nitrogens with zero attached hydrogens (tertiary/aromatic N) is 1. The van der Waals surface area contributed by atoms with Gasteiger partial charge in [0.2, 0.25) is 15.9 Å². The lowest BCUT2D eigenvalue weighted by Crippen LogP contribution is -2.46. The van der Waals surface area contributed by atoms with Gasteiger partial charge in [-0.05, 0) is 70.7 Å². The molecular formula is C23H28F3N3O3S. The van der Waals surface area contributed by atoms with Gasteiger partial charge in [-0.15, -0.1) is 0 Å². The summed E-state index contributed by atoms with van der Waals surface area (Å²) in [4.78, 5) is 16.9. The summed E-state index contributed by atoms with van der Waals surface area (Å²) in [6, 6.07) is 7.83. The van der Waals surface area contributed by atoms with E-state index in [4.69, 9.17) is 0 Å². The van der Waals surface area contributed by atoms with E-state index in [1.165, 1.54) is 18.3 Å². The molecule has 1 aromatic carbocycles. The van der Waals surface area contributed by atoms with Crippen molar-refractivity contribution in [3.8, 4) is 11.3 Å². The van der Waals surface area contributed by atoms with E-state index in [1.54, 1.807) is 32.9 Å². The summed E-state index contributed by atoms with van der Waals surface area (Å²) < 4.78 is 64.6. The summed E-state index contributed by atoms with van der Waals surface area (Å²) in [5, 5.41) is 2.82. The first-order chi connectivity index (χ1) is 15.3. The maximum Gasteiger partial charge on any atom is 0.416 e. The topological polar surface area (TPSA) is 88.2 Å². The fourth-order valence-corrected chi connectivity index (χ4v) is 4.61. The van der Waals surface area contributed by atoms with E-state index in [2.05, 4.69) is 15.0 Å². The first-order valence-corrected chi connectivity index (χ1v) is 12.2. The van der Waals surface area contributed by atoms with Crippen molar-refractivity contribution in [1.82, 2.24) is 9.71 Å². The Morgan fingerprint density at radius 1 is 0.970 bits per heavy atom. The molecule has 3 rings (SSSR count). The Morgan fingerprint density at radius 3 is 2.06 bits per heavy atom. The molecular weight excluding hydrogens is 455 g/mol. The number of benzene rings is 1. The molecule has 1 aliphatic rings. The number of alkyl halides is 3. The second-order valence-electron chi connectivity index (χ2n) is 9.28. The van der Waals surface area contributed by atoms with Crippen molar-refractivity contribution in [3.63, 3.8) is 0 Å². The predicted octanol–water partition coefficient (Wildman–Crippen LogP) is 4.98. The number of anilines is 1. The first kappa shape index (κ1) is 25.2. The third kappa shape index (κ3) is 6.32. The second kappa shape index (κ2) is 9.42. The predicted molar refractivity (Wildman–Crippen MR) is 121 cm³/mol. The van der Waals surface area contributed by atoms with E-state index >= 15 is 0 Å². The number of carbonyl (C=O) groups excluding carboxylic acids is 1. The van der Waals surface area contributed by atoms with Crippen LogP contribution in [0.5, 0.6) is 0 Å². The molecule has 1 saturated carbocycles. The summed E-state index contributed by atoms with van der Waals surface area (Å²) in [6.07, 6.45) is -0.623. The van der Waals surface area contributed by atoms with Crippen LogP contribution in [-0.2, 0) is 21.0 Å².